The first-order chi connectivity index (χ1) is 9.35. The number of nitrogens with zero attached hydrogens (tertiary/aromatic N) is 1. The molecule has 0 aromatic carbocycles. The minimum atomic E-state index is -0.398. The van der Waals surface area contributed by atoms with E-state index in [4.69, 9.17) is 4.74 Å². The van der Waals surface area contributed by atoms with Crippen molar-refractivity contribution in [1.82, 2.24) is 10.2 Å². The number of carbonyl (C=O) groups excluding carboxylic acids is 1. The molecule has 1 saturated heterocycles. The third-order valence-electron chi connectivity index (χ3n) is 4.39. The first-order valence-corrected chi connectivity index (χ1v) is 8.09. The molecular formula is C16H30N2O2. The Labute approximate surface area is 123 Å². The highest BCUT2D eigenvalue weighted by Crippen LogP contribution is 2.27. The van der Waals surface area contributed by atoms with Crippen LogP contribution >= 0.6 is 0 Å². The van der Waals surface area contributed by atoms with Gasteiger partial charge in [0, 0.05) is 25.2 Å². The van der Waals surface area contributed by atoms with Crippen LogP contribution in [-0.4, -0.2) is 41.8 Å². The highest BCUT2D eigenvalue weighted by molar-refractivity contribution is 5.69. The fourth-order valence-electron chi connectivity index (χ4n) is 3.20. The van der Waals surface area contributed by atoms with E-state index in [0.717, 1.165) is 19.0 Å². The quantitative estimate of drug-likeness (QED) is 0.864. The Kier molecular flexibility index (Phi) is 4.95. The van der Waals surface area contributed by atoms with E-state index in [9.17, 15) is 4.79 Å². The molecule has 2 fully saturated rings. The van der Waals surface area contributed by atoms with E-state index in [2.05, 4.69) is 12.2 Å². The van der Waals surface area contributed by atoms with Gasteiger partial charge in [0.15, 0.2) is 0 Å². The van der Waals surface area contributed by atoms with Gasteiger partial charge in [-0.2, -0.15) is 0 Å². The van der Waals surface area contributed by atoms with Crippen LogP contribution in [0.25, 0.3) is 0 Å². The summed E-state index contributed by atoms with van der Waals surface area (Å²) >= 11 is 0. The second-order valence-corrected chi connectivity index (χ2v) is 7.44. The lowest BCUT2D eigenvalue weighted by atomic mass is 9.84. The fourth-order valence-corrected chi connectivity index (χ4v) is 3.20. The van der Waals surface area contributed by atoms with Gasteiger partial charge in [0.25, 0.3) is 0 Å². The van der Waals surface area contributed by atoms with Crippen molar-refractivity contribution in [1.29, 1.82) is 0 Å². The molecule has 0 aromatic heterocycles. The molecule has 1 aliphatic carbocycles. The Hall–Kier alpha value is -0.770. The van der Waals surface area contributed by atoms with Crippen LogP contribution in [0.5, 0.6) is 0 Å². The average molecular weight is 282 g/mol. The average Bonchev–Trinajstić information content (AvgIpc) is 2.31. The molecular weight excluding hydrogens is 252 g/mol. The fraction of sp³-hybridized carbons (Fsp3) is 0.938. The van der Waals surface area contributed by atoms with Gasteiger partial charge in [0.1, 0.15) is 5.60 Å². The van der Waals surface area contributed by atoms with Crippen LogP contribution in [0.4, 0.5) is 4.79 Å². The van der Waals surface area contributed by atoms with Gasteiger partial charge in [-0.15, -0.1) is 0 Å². The van der Waals surface area contributed by atoms with E-state index in [1.165, 1.54) is 32.1 Å². The van der Waals surface area contributed by atoms with Crippen molar-refractivity contribution in [3.63, 3.8) is 0 Å². The van der Waals surface area contributed by atoms with E-state index in [1.54, 1.807) is 4.90 Å². The molecule has 0 unspecified atom stereocenters. The van der Waals surface area contributed by atoms with Crippen molar-refractivity contribution in [2.75, 3.05) is 13.1 Å². The summed E-state index contributed by atoms with van der Waals surface area (Å²) in [7, 11) is 0. The molecule has 1 amide bonds. The maximum absolute atomic E-state index is 11.8. The molecule has 2 rings (SSSR count). The molecule has 2 aliphatic rings. The van der Waals surface area contributed by atoms with Crippen LogP contribution in [-0.2, 0) is 4.74 Å². The van der Waals surface area contributed by atoms with Gasteiger partial charge in [-0.1, -0.05) is 19.3 Å². The normalized spacial score (nSPS) is 23.3. The Bertz CT molecular complexity index is 326. The summed E-state index contributed by atoms with van der Waals surface area (Å²) in [4.78, 5) is 13.6. The summed E-state index contributed by atoms with van der Waals surface area (Å²) in [6.45, 7) is 9.59. The zero-order valence-electron chi connectivity index (χ0n) is 13.4. The maximum atomic E-state index is 11.8. The number of hydrogen-bond donors (Lipinski definition) is 1. The summed E-state index contributed by atoms with van der Waals surface area (Å²) in [5.41, 5.74) is -0.398. The molecule has 0 bridgehead atoms. The number of hydrogen-bond acceptors (Lipinski definition) is 3. The van der Waals surface area contributed by atoms with Crippen molar-refractivity contribution in [3.8, 4) is 0 Å². The Morgan fingerprint density at radius 3 is 2.35 bits per heavy atom. The molecule has 4 nitrogen and oxygen atoms in total. The number of amides is 1. The number of carbonyl (C=O) groups is 1. The molecule has 1 N–H and O–H groups in total. The third-order valence-corrected chi connectivity index (χ3v) is 4.39. The van der Waals surface area contributed by atoms with Crippen molar-refractivity contribution in [3.05, 3.63) is 0 Å². The van der Waals surface area contributed by atoms with Crippen molar-refractivity contribution in [2.24, 2.45) is 5.92 Å². The SMILES string of the molecule is C[C@@H](NC1CN(C(=O)OC(C)(C)C)C1)C1CCCCC1. The van der Waals surface area contributed by atoms with Crippen molar-refractivity contribution >= 4 is 6.09 Å². The number of nitrogens with one attached hydrogen (secondary N) is 1. The standard InChI is InChI=1S/C16H30N2O2/c1-12(13-8-6-5-7-9-13)17-14-10-18(11-14)15(19)20-16(2,3)4/h12-14,17H,5-11H2,1-4H3/t12-/m1/s1. The Morgan fingerprint density at radius 1 is 1.20 bits per heavy atom. The topological polar surface area (TPSA) is 41.6 Å². The van der Waals surface area contributed by atoms with Gasteiger partial charge in [-0.05, 0) is 46.5 Å². The molecule has 116 valence electrons. The predicted molar refractivity (Wildman–Crippen MR) is 80.8 cm³/mol. The molecule has 0 aromatic rings. The monoisotopic (exact) mass is 282 g/mol. The predicted octanol–water partition coefficient (Wildman–Crippen LogP) is 3.16. The lowest BCUT2D eigenvalue weighted by Crippen LogP contribution is -2.62. The second-order valence-electron chi connectivity index (χ2n) is 7.44. The highest BCUT2D eigenvalue weighted by Gasteiger charge is 2.35. The summed E-state index contributed by atoms with van der Waals surface area (Å²) < 4.78 is 5.37. The molecule has 1 saturated carbocycles. The lowest BCUT2D eigenvalue weighted by Gasteiger charge is -2.42. The van der Waals surface area contributed by atoms with Crippen LogP contribution in [0.2, 0.25) is 0 Å². The zero-order chi connectivity index (χ0) is 14.8. The summed E-state index contributed by atoms with van der Waals surface area (Å²) in [6, 6.07) is 1.01. The van der Waals surface area contributed by atoms with E-state index in [1.807, 2.05) is 20.8 Å². The molecule has 1 aliphatic heterocycles. The Balaban J connectivity index is 1.67. The van der Waals surface area contributed by atoms with Crippen LogP contribution in [0.1, 0.15) is 59.8 Å². The van der Waals surface area contributed by atoms with Gasteiger partial charge < -0.3 is 15.0 Å². The van der Waals surface area contributed by atoms with Crippen LogP contribution in [0.15, 0.2) is 0 Å². The Morgan fingerprint density at radius 2 is 1.80 bits per heavy atom. The smallest absolute Gasteiger partial charge is 0.410 e. The van der Waals surface area contributed by atoms with E-state index in [0.29, 0.717) is 12.1 Å². The first kappa shape index (κ1) is 15.6. The van der Waals surface area contributed by atoms with Crippen LogP contribution in [0, 0.1) is 5.92 Å². The lowest BCUT2D eigenvalue weighted by molar-refractivity contribution is 0.00330. The number of likely N-dealkylation sites (tertiary alicyclic amines) is 1. The molecule has 0 spiro atoms. The second kappa shape index (κ2) is 6.33. The van der Waals surface area contributed by atoms with Crippen molar-refractivity contribution in [2.45, 2.75) is 77.5 Å². The summed E-state index contributed by atoms with van der Waals surface area (Å²) in [6.07, 6.45) is 6.70. The van der Waals surface area contributed by atoms with Crippen molar-refractivity contribution < 1.29 is 9.53 Å². The third kappa shape index (κ3) is 4.37. The first-order valence-electron chi connectivity index (χ1n) is 8.09. The minimum Gasteiger partial charge on any atom is -0.444 e. The minimum absolute atomic E-state index is 0.180. The van der Waals surface area contributed by atoms with Crippen LogP contribution < -0.4 is 5.32 Å². The van der Waals surface area contributed by atoms with E-state index >= 15 is 0 Å². The van der Waals surface area contributed by atoms with E-state index < -0.39 is 5.60 Å². The summed E-state index contributed by atoms with van der Waals surface area (Å²) in [5, 5.41) is 3.68. The molecule has 0 radical (unpaired) electrons. The van der Waals surface area contributed by atoms with Gasteiger partial charge in [-0.3, -0.25) is 0 Å². The maximum Gasteiger partial charge on any atom is 0.410 e. The van der Waals surface area contributed by atoms with Gasteiger partial charge in [0.2, 0.25) is 0 Å². The summed E-state index contributed by atoms with van der Waals surface area (Å²) in [5.74, 6) is 0.819. The van der Waals surface area contributed by atoms with Crippen LogP contribution in [0.3, 0.4) is 0 Å². The molecule has 1 atom stereocenters. The molecule has 4 heteroatoms. The highest BCUT2D eigenvalue weighted by atomic mass is 16.6. The number of rotatable bonds is 3. The van der Waals surface area contributed by atoms with Gasteiger partial charge in [-0.25, -0.2) is 4.79 Å². The largest absolute Gasteiger partial charge is 0.444 e. The van der Waals surface area contributed by atoms with Gasteiger partial charge in [0.05, 0.1) is 0 Å². The number of ether oxygens (including phenoxy) is 1. The van der Waals surface area contributed by atoms with E-state index in [-0.39, 0.29) is 6.09 Å². The molecule has 1 heterocycles. The zero-order valence-corrected chi connectivity index (χ0v) is 13.4. The van der Waals surface area contributed by atoms with Gasteiger partial charge >= 0.3 is 6.09 Å². The molecule has 20 heavy (non-hydrogen) atoms.